The van der Waals surface area contributed by atoms with E-state index in [1.807, 2.05) is 0 Å². The van der Waals surface area contributed by atoms with Crippen molar-refractivity contribution in [2.45, 2.75) is 37.0 Å². The third-order valence-corrected chi connectivity index (χ3v) is 3.84. The Morgan fingerprint density at radius 3 is 2.36 bits per heavy atom. The SMILES string of the molecule is CS(=O)(=O)[C@@H]1CCC[C@@H](O)C1. The molecule has 1 saturated carbocycles. The lowest BCUT2D eigenvalue weighted by Gasteiger charge is -2.23. The summed E-state index contributed by atoms with van der Waals surface area (Å²) < 4.78 is 22.0. The number of sulfone groups is 1. The molecule has 2 atom stereocenters. The highest BCUT2D eigenvalue weighted by atomic mass is 32.2. The van der Waals surface area contributed by atoms with E-state index < -0.39 is 15.9 Å². The molecular weight excluding hydrogens is 164 g/mol. The number of aliphatic hydroxyl groups excluding tert-OH is 1. The molecule has 0 amide bonds. The molecule has 3 nitrogen and oxygen atoms in total. The maximum Gasteiger partial charge on any atom is 0.150 e. The lowest BCUT2D eigenvalue weighted by Crippen LogP contribution is -2.29. The van der Waals surface area contributed by atoms with E-state index in [2.05, 4.69) is 0 Å². The fourth-order valence-electron chi connectivity index (χ4n) is 1.51. The van der Waals surface area contributed by atoms with Crippen molar-refractivity contribution in [2.75, 3.05) is 6.26 Å². The summed E-state index contributed by atoms with van der Waals surface area (Å²) in [5.74, 6) is 0. The lowest BCUT2D eigenvalue weighted by molar-refractivity contribution is 0.131. The zero-order valence-corrected chi connectivity index (χ0v) is 7.47. The van der Waals surface area contributed by atoms with Crippen molar-refractivity contribution < 1.29 is 13.5 Å². The summed E-state index contributed by atoms with van der Waals surface area (Å²) in [6, 6.07) is 0. The standard InChI is InChI=1S/C7H14O3S/c1-11(9,10)7-4-2-3-6(8)5-7/h6-8H,2-5H2,1H3/t6-,7-/m1/s1. The molecule has 0 unspecified atom stereocenters. The van der Waals surface area contributed by atoms with Gasteiger partial charge in [0.15, 0.2) is 0 Å². The van der Waals surface area contributed by atoms with Gasteiger partial charge in [-0.3, -0.25) is 0 Å². The van der Waals surface area contributed by atoms with Crippen LogP contribution in [0.1, 0.15) is 25.7 Å². The van der Waals surface area contributed by atoms with Crippen LogP contribution in [0.25, 0.3) is 0 Å². The predicted molar refractivity (Wildman–Crippen MR) is 43.1 cm³/mol. The smallest absolute Gasteiger partial charge is 0.150 e. The Bertz CT molecular complexity index is 220. The summed E-state index contributed by atoms with van der Waals surface area (Å²) in [6.45, 7) is 0. The van der Waals surface area contributed by atoms with E-state index in [4.69, 9.17) is 0 Å². The second kappa shape index (κ2) is 3.11. The molecular formula is C7H14O3S. The normalized spacial score (nSPS) is 33.6. The summed E-state index contributed by atoms with van der Waals surface area (Å²) in [5, 5.41) is 8.88. The van der Waals surface area contributed by atoms with Crippen LogP contribution in [0.15, 0.2) is 0 Å². The average molecular weight is 178 g/mol. The Morgan fingerprint density at radius 1 is 1.36 bits per heavy atom. The Morgan fingerprint density at radius 2 is 2.00 bits per heavy atom. The van der Waals surface area contributed by atoms with Crippen molar-refractivity contribution in [2.24, 2.45) is 0 Å². The van der Waals surface area contributed by atoms with Crippen molar-refractivity contribution in [3.05, 3.63) is 0 Å². The molecule has 0 aromatic heterocycles. The lowest BCUT2D eigenvalue weighted by atomic mass is 9.97. The summed E-state index contributed by atoms with van der Waals surface area (Å²) >= 11 is 0. The first-order valence-corrected chi connectivity index (χ1v) is 5.82. The largest absolute Gasteiger partial charge is 0.393 e. The molecule has 0 saturated heterocycles. The van der Waals surface area contributed by atoms with Crippen molar-refractivity contribution in [3.63, 3.8) is 0 Å². The second-order valence-electron chi connectivity index (χ2n) is 3.27. The van der Waals surface area contributed by atoms with E-state index in [-0.39, 0.29) is 5.25 Å². The highest BCUT2D eigenvalue weighted by molar-refractivity contribution is 7.91. The van der Waals surface area contributed by atoms with Crippen LogP contribution in [0.3, 0.4) is 0 Å². The summed E-state index contributed by atoms with van der Waals surface area (Å²) in [7, 11) is -2.92. The molecule has 66 valence electrons. The fraction of sp³-hybridized carbons (Fsp3) is 1.00. The number of rotatable bonds is 1. The van der Waals surface area contributed by atoms with Gasteiger partial charge in [-0.15, -0.1) is 0 Å². The Labute approximate surface area is 67.3 Å². The summed E-state index contributed by atoms with van der Waals surface area (Å²) in [6.07, 6.45) is 3.58. The molecule has 0 bridgehead atoms. The van der Waals surface area contributed by atoms with E-state index in [9.17, 15) is 13.5 Å². The third kappa shape index (κ3) is 2.45. The van der Waals surface area contributed by atoms with E-state index in [0.717, 1.165) is 19.3 Å². The van der Waals surface area contributed by atoms with Gasteiger partial charge in [-0.25, -0.2) is 8.42 Å². The maximum absolute atomic E-state index is 11.0. The first-order valence-electron chi connectivity index (χ1n) is 3.87. The molecule has 0 spiro atoms. The quantitative estimate of drug-likeness (QED) is 0.629. The minimum absolute atomic E-state index is 0.300. The Hall–Kier alpha value is -0.0900. The van der Waals surface area contributed by atoms with Gasteiger partial charge in [-0.2, -0.15) is 0 Å². The molecule has 1 aliphatic carbocycles. The predicted octanol–water partition coefficient (Wildman–Crippen LogP) is 0.335. The van der Waals surface area contributed by atoms with Gasteiger partial charge in [0.2, 0.25) is 0 Å². The molecule has 1 rings (SSSR count). The first-order chi connectivity index (χ1) is 5.00. The molecule has 0 aliphatic heterocycles. The van der Waals surface area contributed by atoms with Gasteiger partial charge in [-0.1, -0.05) is 0 Å². The zero-order chi connectivity index (χ0) is 8.48. The molecule has 1 N–H and O–H groups in total. The fourth-order valence-corrected chi connectivity index (χ4v) is 2.68. The molecule has 4 heteroatoms. The van der Waals surface area contributed by atoms with Crippen molar-refractivity contribution in [3.8, 4) is 0 Å². The van der Waals surface area contributed by atoms with Gasteiger partial charge in [-0.05, 0) is 25.7 Å². The van der Waals surface area contributed by atoms with Gasteiger partial charge in [0.05, 0.1) is 11.4 Å². The van der Waals surface area contributed by atoms with Crippen molar-refractivity contribution >= 4 is 9.84 Å². The van der Waals surface area contributed by atoms with Gasteiger partial charge in [0.25, 0.3) is 0 Å². The number of hydrogen-bond acceptors (Lipinski definition) is 3. The number of aliphatic hydroxyl groups is 1. The third-order valence-electron chi connectivity index (χ3n) is 2.20. The molecule has 0 heterocycles. The molecule has 1 aliphatic rings. The molecule has 0 aromatic carbocycles. The Kier molecular flexibility index (Phi) is 2.54. The molecule has 0 aromatic rings. The second-order valence-corrected chi connectivity index (χ2v) is 5.60. The first kappa shape index (κ1) is 9.00. The van der Waals surface area contributed by atoms with E-state index >= 15 is 0 Å². The van der Waals surface area contributed by atoms with Crippen molar-refractivity contribution in [1.82, 2.24) is 0 Å². The van der Waals surface area contributed by atoms with E-state index in [1.54, 1.807) is 0 Å². The van der Waals surface area contributed by atoms with Crippen LogP contribution in [0.4, 0.5) is 0 Å². The highest BCUT2D eigenvalue weighted by Crippen LogP contribution is 2.23. The molecule has 1 fully saturated rings. The van der Waals surface area contributed by atoms with Crippen LogP contribution >= 0.6 is 0 Å². The molecule has 0 radical (unpaired) electrons. The minimum Gasteiger partial charge on any atom is -0.393 e. The van der Waals surface area contributed by atoms with Gasteiger partial charge in [0, 0.05) is 6.26 Å². The topological polar surface area (TPSA) is 54.4 Å². The summed E-state index contributed by atoms with van der Waals surface area (Å²) in [5.41, 5.74) is 0. The number of hydrogen-bond donors (Lipinski definition) is 1. The molecule has 11 heavy (non-hydrogen) atoms. The van der Waals surface area contributed by atoms with Crippen LogP contribution in [-0.2, 0) is 9.84 Å². The highest BCUT2D eigenvalue weighted by Gasteiger charge is 2.27. The summed E-state index contributed by atoms with van der Waals surface area (Å²) in [4.78, 5) is 0. The van der Waals surface area contributed by atoms with Gasteiger partial charge in [0.1, 0.15) is 9.84 Å². The Balaban J connectivity index is 2.60. The van der Waals surface area contributed by atoms with Gasteiger partial charge >= 0.3 is 0 Å². The van der Waals surface area contributed by atoms with E-state index in [0.29, 0.717) is 6.42 Å². The average Bonchev–Trinajstić information content (AvgIpc) is 1.86. The monoisotopic (exact) mass is 178 g/mol. The van der Waals surface area contributed by atoms with Crippen LogP contribution < -0.4 is 0 Å². The van der Waals surface area contributed by atoms with Crippen LogP contribution in [-0.4, -0.2) is 31.1 Å². The van der Waals surface area contributed by atoms with Crippen LogP contribution in [0, 0.1) is 0 Å². The maximum atomic E-state index is 11.0. The van der Waals surface area contributed by atoms with E-state index in [1.165, 1.54) is 6.26 Å². The van der Waals surface area contributed by atoms with Crippen LogP contribution in [0.2, 0.25) is 0 Å². The zero-order valence-electron chi connectivity index (χ0n) is 6.66. The minimum atomic E-state index is -2.92. The van der Waals surface area contributed by atoms with Crippen molar-refractivity contribution in [1.29, 1.82) is 0 Å². The van der Waals surface area contributed by atoms with Crippen LogP contribution in [0.5, 0.6) is 0 Å². The van der Waals surface area contributed by atoms with Gasteiger partial charge < -0.3 is 5.11 Å².